The maximum Gasteiger partial charge on any atom is 0.326 e. The van der Waals surface area contributed by atoms with E-state index in [0.29, 0.717) is 6.54 Å². The summed E-state index contributed by atoms with van der Waals surface area (Å²) in [5, 5.41) is 2.89. The molecule has 0 saturated heterocycles. The fourth-order valence-corrected chi connectivity index (χ4v) is 1.70. The van der Waals surface area contributed by atoms with E-state index in [4.69, 9.17) is 0 Å². The summed E-state index contributed by atoms with van der Waals surface area (Å²) in [5.41, 5.74) is 0.0553. The van der Waals surface area contributed by atoms with Gasteiger partial charge in [-0.05, 0) is 19.5 Å². The Kier molecular flexibility index (Phi) is 4.06. The Hall–Kier alpha value is -1.36. The van der Waals surface area contributed by atoms with Gasteiger partial charge in [0.15, 0.2) is 0 Å². The van der Waals surface area contributed by atoms with E-state index in [1.807, 2.05) is 14.1 Å². The second kappa shape index (κ2) is 5.12. The van der Waals surface area contributed by atoms with Crippen molar-refractivity contribution in [1.82, 2.24) is 19.8 Å². The van der Waals surface area contributed by atoms with Crippen molar-refractivity contribution in [3.63, 3.8) is 0 Å². The number of hydrogen-bond donors (Lipinski definition) is 1. The molecule has 5 nitrogen and oxygen atoms in total. The molecule has 0 saturated carbocycles. The van der Waals surface area contributed by atoms with E-state index >= 15 is 0 Å². The normalized spacial score (nSPS) is 11.8. The quantitative estimate of drug-likeness (QED) is 0.831. The SMILES string of the molecule is CN(C)CC(C)(C)CNC(=O)n1ccnc1. The minimum atomic E-state index is -0.135. The third-order valence-corrected chi connectivity index (χ3v) is 2.20. The highest BCUT2D eigenvalue weighted by Crippen LogP contribution is 2.13. The molecule has 0 bridgehead atoms. The Morgan fingerprint density at radius 3 is 2.69 bits per heavy atom. The lowest BCUT2D eigenvalue weighted by atomic mass is 9.93. The number of hydrogen-bond acceptors (Lipinski definition) is 3. The number of imidazole rings is 1. The molecule has 1 rings (SSSR count). The molecule has 0 fully saturated rings. The zero-order valence-corrected chi connectivity index (χ0v) is 10.4. The van der Waals surface area contributed by atoms with Crippen molar-refractivity contribution in [2.24, 2.45) is 5.41 Å². The first kappa shape index (κ1) is 12.7. The molecular formula is C11H20N4O. The smallest absolute Gasteiger partial charge is 0.326 e. The van der Waals surface area contributed by atoms with Crippen molar-refractivity contribution in [1.29, 1.82) is 0 Å². The molecule has 0 aromatic carbocycles. The molecule has 0 unspecified atom stereocenters. The van der Waals surface area contributed by atoms with Gasteiger partial charge in [-0.2, -0.15) is 0 Å². The summed E-state index contributed by atoms with van der Waals surface area (Å²) in [6, 6.07) is -0.135. The molecule has 0 radical (unpaired) electrons. The van der Waals surface area contributed by atoms with E-state index in [0.717, 1.165) is 6.54 Å². The van der Waals surface area contributed by atoms with E-state index < -0.39 is 0 Å². The van der Waals surface area contributed by atoms with Gasteiger partial charge in [0.1, 0.15) is 6.33 Å². The van der Waals surface area contributed by atoms with Gasteiger partial charge in [0.25, 0.3) is 0 Å². The number of rotatable bonds is 4. The van der Waals surface area contributed by atoms with Crippen molar-refractivity contribution in [3.8, 4) is 0 Å². The standard InChI is InChI=1S/C11H20N4O/c1-11(2,8-14(3)4)7-13-10(16)15-6-5-12-9-15/h5-6,9H,7-8H2,1-4H3,(H,13,16). The summed E-state index contributed by atoms with van der Waals surface area (Å²) >= 11 is 0. The number of nitrogens with one attached hydrogen (secondary N) is 1. The van der Waals surface area contributed by atoms with E-state index in [9.17, 15) is 4.79 Å². The Labute approximate surface area is 96.5 Å². The van der Waals surface area contributed by atoms with Crippen molar-refractivity contribution < 1.29 is 4.79 Å². The van der Waals surface area contributed by atoms with Crippen LogP contribution in [0.4, 0.5) is 4.79 Å². The van der Waals surface area contributed by atoms with Gasteiger partial charge in [-0.3, -0.25) is 4.57 Å². The van der Waals surface area contributed by atoms with Gasteiger partial charge in [0.05, 0.1) is 0 Å². The molecule has 1 amide bonds. The average Bonchev–Trinajstić information content (AvgIpc) is 2.64. The van der Waals surface area contributed by atoms with Crippen molar-refractivity contribution >= 4 is 6.03 Å². The molecule has 0 aliphatic carbocycles. The third-order valence-electron chi connectivity index (χ3n) is 2.20. The first-order valence-electron chi connectivity index (χ1n) is 5.32. The zero-order valence-electron chi connectivity index (χ0n) is 10.4. The summed E-state index contributed by atoms with van der Waals surface area (Å²) in [7, 11) is 4.05. The lowest BCUT2D eigenvalue weighted by Crippen LogP contribution is -2.41. The summed E-state index contributed by atoms with van der Waals surface area (Å²) in [4.78, 5) is 17.6. The minimum absolute atomic E-state index is 0.0553. The van der Waals surface area contributed by atoms with Crippen molar-refractivity contribution in [3.05, 3.63) is 18.7 Å². The Balaban J connectivity index is 2.42. The highest BCUT2D eigenvalue weighted by atomic mass is 16.2. The summed E-state index contributed by atoms with van der Waals surface area (Å²) in [6.45, 7) is 5.82. The summed E-state index contributed by atoms with van der Waals surface area (Å²) in [5.74, 6) is 0. The average molecular weight is 224 g/mol. The van der Waals surface area contributed by atoms with Crippen molar-refractivity contribution in [2.75, 3.05) is 27.2 Å². The summed E-state index contributed by atoms with van der Waals surface area (Å²) in [6.07, 6.45) is 4.72. The first-order chi connectivity index (χ1) is 7.41. The van der Waals surface area contributed by atoms with Crippen LogP contribution in [0.15, 0.2) is 18.7 Å². The van der Waals surface area contributed by atoms with Crippen LogP contribution in [-0.4, -0.2) is 47.7 Å². The number of carbonyl (C=O) groups excluding carboxylic acids is 1. The second-order valence-corrected chi connectivity index (χ2v) is 5.03. The fraction of sp³-hybridized carbons (Fsp3) is 0.636. The topological polar surface area (TPSA) is 50.2 Å². The van der Waals surface area contributed by atoms with Gasteiger partial charge in [-0.1, -0.05) is 13.8 Å². The molecule has 1 aromatic rings. The molecular weight excluding hydrogens is 204 g/mol. The molecule has 0 spiro atoms. The highest BCUT2D eigenvalue weighted by molar-refractivity contribution is 5.76. The van der Waals surface area contributed by atoms with Crippen LogP contribution >= 0.6 is 0 Å². The van der Waals surface area contributed by atoms with E-state index in [2.05, 4.69) is 29.0 Å². The van der Waals surface area contributed by atoms with Crippen LogP contribution in [0.5, 0.6) is 0 Å². The lowest BCUT2D eigenvalue weighted by molar-refractivity contribution is 0.216. The second-order valence-electron chi connectivity index (χ2n) is 5.03. The van der Waals surface area contributed by atoms with Crippen LogP contribution in [0.25, 0.3) is 0 Å². The molecule has 90 valence electrons. The van der Waals surface area contributed by atoms with E-state index in [-0.39, 0.29) is 11.4 Å². The highest BCUT2D eigenvalue weighted by Gasteiger charge is 2.19. The fourth-order valence-electron chi connectivity index (χ4n) is 1.70. The molecule has 0 aliphatic heterocycles. The molecule has 0 aliphatic rings. The van der Waals surface area contributed by atoms with Crippen LogP contribution < -0.4 is 5.32 Å². The van der Waals surface area contributed by atoms with Gasteiger partial charge in [0.2, 0.25) is 0 Å². The molecule has 1 heterocycles. The third kappa shape index (κ3) is 4.02. The van der Waals surface area contributed by atoms with Gasteiger partial charge in [0, 0.05) is 25.5 Å². The van der Waals surface area contributed by atoms with Crippen LogP contribution in [0, 0.1) is 5.41 Å². The van der Waals surface area contributed by atoms with E-state index in [1.165, 1.54) is 10.9 Å². The first-order valence-corrected chi connectivity index (χ1v) is 5.32. The zero-order chi connectivity index (χ0) is 12.2. The van der Waals surface area contributed by atoms with Crippen LogP contribution in [0.1, 0.15) is 13.8 Å². The monoisotopic (exact) mass is 224 g/mol. The van der Waals surface area contributed by atoms with Gasteiger partial charge >= 0.3 is 6.03 Å². The Bertz CT molecular complexity index is 330. The lowest BCUT2D eigenvalue weighted by Gasteiger charge is -2.28. The Morgan fingerprint density at radius 1 is 1.50 bits per heavy atom. The molecule has 0 atom stereocenters. The Morgan fingerprint density at radius 2 is 2.19 bits per heavy atom. The van der Waals surface area contributed by atoms with Crippen LogP contribution in [-0.2, 0) is 0 Å². The molecule has 5 heteroatoms. The molecule has 1 N–H and O–H groups in total. The number of nitrogens with zero attached hydrogens (tertiary/aromatic N) is 3. The van der Waals surface area contributed by atoms with Crippen LogP contribution in [0.2, 0.25) is 0 Å². The largest absolute Gasteiger partial charge is 0.337 e. The van der Waals surface area contributed by atoms with Gasteiger partial charge in [-0.25, -0.2) is 9.78 Å². The van der Waals surface area contributed by atoms with Gasteiger partial charge in [-0.15, -0.1) is 0 Å². The van der Waals surface area contributed by atoms with Crippen LogP contribution in [0.3, 0.4) is 0 Å². The predicted molar refractivity (Wildman–Crippen MR) is 63.4 cm³/mol. The number of aromatic nitrogens is 2. The number of carbonyl (C=O) groups is 1. The maximum absolute atomic E-state index is 11.6. The molecule has 16 heavy (non-hydrogen) atoms. The predicted octanol–water partition coefficient (Wildman–Crippen LogP) is 1.03. The van der Waals surface area contributed by atoms with Crippen molar-refractivity contribution in [2.45, 2.75) is 13.8 Å². The van der Waals surface area contributed by atoms with Gasteiger partial charge < -0.3 is 10.2 Å². The maximum atomic E-state index is 11.6. The minimum Gasteiger partial charge on any atom is -0.337 e. The number of amides is 1. The summed E-state index contributed by atoms with van der Waals surface area (Å²) < 4.78 is 1.44. The van der Waals surface area contributed by atoms with E-state index in [1.54, 1.807) is 12.4 Å². The molecule has 1 aromatic heterocycles.